The molecule has 0 amide bonds. The van der Waals surface area contributed by atoms with Crippen molar-refractivity contribution in [2.45, 2.75) is 12.8 Å². The van der Waals surface area contributed by atoms with Crippen molar-refractivity contribution < 1.29 is 4.44 Å². The van der Waals surface area contributed by atoms with Crippen LogP contribution in [0.3, 0.4) is 0 Å². The van der Waals surface area contributed by atoms with Gasteiger partial charge in [-0.1, -0.05) is 12.1 Å². The Bertz CT molecular complexity index is 529. The van der Waals surface area contributed by atoms with Crippen LogP contribution in [-0.4, -0.2) is 47.0 Å². The molecule has 2 aromatic heterocycles. The molecule has 0 N–H and O–H groups in total. The minimum atomic E-state index is -0.659. The molecule has 3 heterocycles. The zero-order valence-corrected chi connectivity index (χ0v) is 13.6. The minimum absolute atomic E-state index is 0.659. The number of rotatable bonds is 7. The summed E-state index contributed by atoms with van der Waals surface area (Å²) >= 11 is 0. The van der Waals surface area contributed by atoms with E-state index >= 15 is 0 Å². The van der Waals surface area contributed by atoms with Gasteiger partial charge in [-0.05, 0) is 31.3 Å². The van der Waals surface area contributed by atoms with E-state index in [0.717, 1.165) is 37.3 Å². The molecule has 0 aromatic carbocycles. The average Bonchev–Trinajstić information content (AvgIpc) is 2.54. The average molecular weight is 313 g/mol. The summed E-state index contributed by atoms with van der Waals surface area (Å²) in [5.74, 6) is 0. The fourth-order valence-electron chi connectivity index (χ4n) is 2.25. The van der Waals surface area contributed by atoms with E-state index in [1.807, 2.05) is 44.3 Å². The number of likely N-dealkylation sites (N-methyl/N-ethyl adjacent to an activating group) is 1. The second-order valence-electron chi connectivity index (χ2n) is 5.15. The van der Waals surface area contributed by atoms with Gasteiger partial charge in [-0.25, -0.2) is 0 Å². The van der Waals surface area contributed by atoms with Gasteiger partial charge in [0.2, 0.25) is 0 Å². The van der Waals surface area contributed by atoms with Crippen LogP contribution in [0.4, 0.5) is 0 Å². The van der Waals surface area contributed by atoms with Gasteiger partial charge in [0.05, 0.1) is 0 Å². The van der Waals surface area contributed by atoms with Gasteiger partial charge in [0.15, 0.2) is 8.45 Å². The van der Waals surface area contributed by atoms with Crippen LogP contribution in [0.25, 0.3) is 0 Å². The van der Waals surface area contributed by atoms with Crippen molar-refractivity contribution in [1.29, 1.82) is 0 Å². The highest BCUT2D eigenvalue weighted by Crippen LogP contribution is 2.50. The van der Waals surface area contributed by atoms with Gasteiger partial charge < -0.3 is 4.44 Å². The molecule has 1 unspecified atom stereocenters. The molecule has 5 nitrogen and oxygen atoms in total. The van der Waals surface area contributed by atoms with Gasteiger partial charge in [0.25, 0.3) is 0 Å². The molecule has 7 heteroatoms. The number of hydrogen-bond donors (Lipinski definition) is 0. The van der Waals surface area contributed by atoms with Gasteiger partial charge in [-0.3, -0.25) is 19.2 Å². The third-order valence-electron chi connectivity index (χ3n) is 3.52. The molecule has 1 atom stereocenters. The molecule has 0 bridgehead atoms. The molecule has 0 spiro atoms. The predicted molar refractivity (Wildman–Crippen MR) is 89.0 cm³/mol. The maximum Gasteiger partial charge on any atom is 0.410 e. The van der Waals surface area contributed by atoms with Gasteiger partial charge >= 0.3 is 7.62 Å². The Balaban J connectivity index is 1.44. The number of aromatic nitrogens is 2. The lowest BCUT2D eigenvalue weighted by atomic mass is 10.2. The van der Waals surface area contributed by atoms with Gasteiger partial charge in [0, 0.05) is 49.7 Å². The lowest BCUT2D eigenvalue weighted by Gasteiger charge is -2.43. The van der Waals surface area contributed by atoms with Gasteiger partial charge in [-0.2, -0.15) is 0 Å². The topological polar surface area (TPSA) is 41.5 Å². The van der Waals surface area contributed by atoms with Crippen LogP contribution in [0.5, 0.6) is 0 Å². The van der Waals surface area contributed by atoms with E-state index in [9.17, 15) is 0 Å². The van der Waals surface area contributed by atoms with Crippen molar-refractivity contribution in [3.8, 4) is 0 Å². The molecule has 3 rings (SSSR count). The van der Waals surface area contributed by atoms with Crippen molar-refractivity contribution in [2.24, 2.45) is 0 Å². The summed E-state index contributed by atoms with van der Waals surface area (Å²) in [6.45, 7) is 1.88. The third-order valence-corrected chi connectivity index (χ3v) is 5.32. The normalized spacial score (nSPS) is 18.0. The zero-order valence-electron chi connectivity index (χ0n) is 12.7. The molecular formula is C15H19BN4OP. The Morgan fingerprint density at radius 1 is 1.09 bits per heavy atom. The highest BCUT2D eigenvalue weighted by molar-refractivity contribution is 7.53. The van der Waals surface area contributed by atoms with E-state index in [-0.39, 0.29) is 0 Å². The molecule has 113 valence electrons. The second kappa shape index (κ2) is 7.79. The number of pyridine rings is 2. The minimum Gasteiger partial charge on any atom is -0.377 e. The summed E-state index contributed by atoms with van der Waals surface area (Å²) in [5.41, 5.74) is 2.24. The van der Waals surface area contributed by atoms with Crippen LogP contribution in [0, 0.1) is 0 Å². The first kappa shape index (κ1) is 15.6. The van der Waals surface area contributed by atoms with E-state index in [4.69, 9.17) is 4.44 Å². The van der Waals surface area contributed by atoms with Crippen LogP contribution in [0.15, 0.2) is 48.8 Å². The summed E-state index contributed by atoms with van der Waals surface area (Å²) in [4.78, 5) is 8.72. The number of nitrogens with zero attached hydrogens (tertiary/aromatic N) is 4. The Morgan fingerprint density at radius 3 is 2.32 bits per heavy atom. The summed E-state index contributed by atoms with van der Waals surface area (Å²) < 4.78 is 10.2. The number of hydrogen-bond acceptors (Lipinski definition) is 5. The van der Waals surface area contributed by atoms with Crippen molar-refractivity contribution in [1.82, 2.24) is 19.2 Å². The molecular weight excluding hydrogens is 294 g/mol. The first-order valence-electron chi connectivity index (χ1n) is 7.40. The van der Waals surface area contributed by atoms with Crippen LogP contribution in [-0.2, 0) is 17.3 Å². The molecule has 1 fully saturated rings. The summed E-state index contributed by atoms with van der Waals surface area (Å²) in [6, 6.07) is 12.1. The molecule has 0 aliphatic carbocycles. The van der Waals surface area contributed by atoms with E-state index in [1.54, 1.807) is 0 Å². The molecule has 0 saturated carbocycles. The highest BCUT2D eigenvalue weighted by atomic mass is 31.2. The van der Waals surface area contributed by atoms with Crippen LogP contribution < -0.4 is 0 Å². The molecule has 22 heavy (non-hydrogen) atoms. The maximum absolute atomic E-state index is 5.63. The smallest absolute Gasteiger partial charge is 0.377 e. The predicted octanol–water partition coefficient (Wildman–Crippen LogP) is 2.29. The summed E-state index contributed by atoms with van der Waals surface area (Å²) in [7, 11) is 3.27. The van der Waals surface area contributed by atoms with Gasteiger partial charge in [-0.15, -0.1) is 0 Å². The first-order chi connectivity index (χ1) is 10.8. The Labute approximate surface area is 133 Å². The Morgan fingerprint density at radius 2 is 1.77 bits per heavy atom. The standard InChI is InChI=1S/C15H19BN4OP/c1-19(12-8-14-6-2-4-10-17-14)22-20(16-21-22)13-9-15-7-3-5-11-18-15/h2-7,10-11H,8-9,12-13H2,1H3. The van der Waals surface area contributed by atoms with E-state index in [2.05, 4.69) is 38.4 Å². The fraction of sp³-hybridized carbons (Fsp3) is 0.333. The largest absolute Gasteiger partial charge is 0.410 e. The first-order valence-corrected chi connectivity index (χ1v) is 8.57. The van der Waals surface area contributed by atoms with E-state index < -0.39 is 8.45 Å². The lowest BCUT2D eigenvalue weighted by molar-refractivity contribution is 0.365. The van der Waals surface area contributed by atoms with Crippen molar-refractivity contribution in [2.75, 3.05) is 20.1 Å². The molecule has 1 saturated heterocycles. The van der Waals surface area contributed by atoms with E-state index in [1.165, 1.54) is 0 Å². The molecule has 1 aliphatic heterocycles. The van der Waals surface area contributed by atoms with Crippen molar-refractivity contribution >= 4 is 16.1 Å². The second-order valence-corrected chi connectivity index (χ2v) is 7.06. The van der Waals surface area contributed by atoms with Gasteiger partial charge in [0.1, 0.15) is 0 Å². The Hall–Kier alpha value is -1.33. The summed E-state index contributed by atoms with van der Waals surface area (Å²) in [6.07, 6.45) is 5.56. The van der Waals surface area contributed by atoms with Crippen LogP contribution in [0.1, 0.15) is 11.4 Å². The highest BCUT2D eigenvalue weighted by Gasteiger charge is 2.35. The zero-order chi connectivity index (χ0) is 15.2. The fourth-order valence-corrected chi connectivity index (χ4v) is 3.66. The molecule has 1 radical (unpaired) electrons. The molecule has 2 aromatic rings. The Kier molecular flexibility index (Phi) is 5.51. The quantitative estimate of drug-likeness (QED) is 0.579. The summed E-state index contributed by atoms with van der Waals surface area (Å²) in [5, 5.41) is 0. The SMILES string of the molecule is CN(CCc1ccccn1)P1O[B]N1CCc1ccccn1. The monoisotopic (exact) mass is 313 g/mol. The van der Waals surface area contributed by atoms with Crippen molar-refractivity contribution in [3.63, 3.8) is 0 Å². The molecule has 1 aliphatic rings. The lowest BCUT2D eigenvalue weighted by Crippen LogP contribution is -2.42. The third kappa shape index (κ3) is 4.11. The van der Waals surface area contributed by atoms with Crippen molar-refractivity contribution in [3.05, 3.63) is 60.2 Å². The van der Waals surface area contributed by atoms with Crippen LogP contribution >= 0.6 is 8.45 Å². The maximum atomic E-state index is 5.63. The van der Waals surface area contributed by atoms with Crippen LogP contribution in [0.2, 0.25) is 0 Å². The van der Waals surface area contributed by atoms with E-state index in [0.29, 0.717) is 0 Å².